The molecule has 0 aliphatic carbocycles. The van der Waals surface area contributed by atoms with Crippen molar-refractivity contribution in [2.24, 2.45) is 5.92 Å². The van der Waals surface area contributed by atoms with Gasteiger partial charge in [-0.15, -0.1) is 0 Å². The van der Waals surface area contributed by atoms with E-state index in [0.717, 1.165) is 5.69 Å². The molecule has 1 fully saturated rings. The van der Waals surface area contributed by atoms with E-state index in [1.165, 1.54) is 13.2 Å². The van der Waals surface area contributed by atoms with Crippen molar-refractivity contribution in [3.8, 4) is 11.5 Å². The molecule has 2 aromatic rings. The molecule has 1 heterocycles. The first-order valence-corrected chi connectivity index (χ1v) is 9.30. The SMILES string of the molecule is CCOc1ccc(C(=O)NNC(=O)C2CC(=O)N(c3ccccc3)C2)cc1OC. The summed E-state index contributed by atoms with van der Waals surface area (Å²) in [6.07, 6.45) is 0.0907. The number of carbonyl (C=O) groups excluding carboxylic acids is 3. The summed E-state index contributed by atoms with van der Waals surface area (Å²) in [5.74, 6) is -0.629. The number of nitrogens with one attached hydrogen (secondary N) is 2. The number of hydrazine groups is 1. The van der Waals surface area contributed by atoms with Crippen molar-refractivity contribution in [1.82, 2.24) is 10.9 Å². The minimum atomic E-state index is -0.544. The van der Waals surface area contributed by atoms with Gasteiger partial charge in [0.2, 0.25) is 11.8 Å². The Morgan fingerprint density at radius 2 is 1.86 bits per heavy atom. The second-order valence-corrected chi connectivity index (χ2v) is 6.48. The molecule has 2 aromatic carbocycles. The molecular formula is C21H23N3O5. The topological polar surface area (TPSA) is 97.0 Å². The minimum absolute atomic E-state index is 0.0907. The van der Waals surface area contributed by atoms with E-state index in [1.807, 2.05) is 37.3 Å². The van der Waals surface area contributed by atoms with E-state index < -0.39 is 17.7 Å². The van der Waals surface area contributed by atoms with Crippen LogP contribution in [-0.2, 0) is 9.59 Å². The van der Waals surface area contributed by atoms with E-state index in [1.54, 1.807) is 17.0 Å². The highest BCUT2D eigenvalue weighted by atomic mass is 16.5. The van der Waals surface area contributed by atoms with Gasteiger partial charge in [0.1, 0.15) is 0 Å². The highest BCUT2D eigenvalue weighted by Crippen LogP contribution is 2.28. The molecule has 0 aromatic heterocycles. The van der Waals surface area contributed by atoms with Crippen LogP contribution in [0.15, 0.2) is 48.5 Å². The second-order valence-electron chi connectivity index (χ2n) is 6.48. The molecule has 1 atom stereocenters. The Kier molecular flexibility index (Phi) is 6.33. The maximum Gasteiger partial charge on any atom is 0.269 e. The molecule has 0 spiro atoms. The predicted octanol–water partition coefficient (Wildman–Crippen LogP) is 1.91. The fourth-order valence-corrected chi connectivity index (χ4v) is 3.12. The molecule has 0 saturated carbocycles. The van der Waals surface area contributed by atoms with E-state index in [9.17, 15) is 14.4 Å². The molecule has 8 nitrogen and oxygen atoms in total. The number of methoxy groups -OCH3 is 1. The molecule has 0 radical (unpaired) electrons. The Labute approximate surface area is 168 Å². The zero-order chi connectivity index (χ0) is 20.8. The van der Waals surface area contributed by atoms with Gasteiger partial charge in [-0.05, 0) is 37.3 Å². The molecule has 1 unspecified atom stereocenters. The summed E-state index contributed by atoms with van der Waals surface area (Å²) < 4.78 is 10.6. The highest BCUT2D eigenvalue weighted by Gasteiger charge is 2.35. The van der Waals surface area contributed by atoms with Gasteiger partial charge in [0, 0.05) is 24.2 Å². The maximum absolute atomic E-state index is 12.4. The Bertz CT molecular complexity index is 900. The summed E-state index contributed by atoms with van der Waals surface area (Å²) in [7, 11) is 1.48. The summed E-state index contributed by atoms with van der Waals surface area (Å²) in [4.78, 5) is 38.6. The molecule has 2 N–H and O–H groups in total. The number of hydrogen-bond acceptors (Lipinski definition) is 5. The fraction of sp³-hybridized carbons (Fsp3) is 0.286. The number of benzene rings is 2. The lowest BCUT2D eigenvalue weighted by atomic mass is 10.1. The average molecular weight is 397 g/mol. The normalized spacial score (nSPS) is 15.7. The smallest absolute Gasteiger partial charge is 0.269 e. The van der Waals surface area contributed by atoms with Gasteiger partial charge in [0.15, 0.2) is 11.5 Å². The third-order valence-corrected chi connectivity index (χ3v) is 4.59. The van der Waals surface area contributed by atoms with Crippen molar-refractivity contribution in [3.63, 3.8) is 0 Å². The maximum atomic E-state index is 12.4. The quantitative estimate of drug-likeness (QED) is 0.726. The lowest BCUT2D eigenvalue weighted by Gasteiger charge is -2.16. The molecule has 3 rings (SSSR count). The van der Waals surface area contributed by atoms with Crippen LogP contribution in [0.4, 0.5) is 5.69 Å². The first-order chi connectivity index (χ1) is 14.0. The van der Waals surface area contributed by atoms with Gasteiger partial charge in [-0.1, -0.05) is 18.2 Å². The van der Waals surface area contributed by atoms with Crippen LogP contribution in [0.25, 0.3) is 0 Å². The molecule has 8 heteroatoms. The summed E-state index contributed by atoms with van der Waals surface area (Å²) in [6, 6.07) is 13.9. The molecule has 1 aliphatic rings. The number of rotatable bonds is 6. The van der Waals surface area contributed by atoms with Crippen molar-refractivity contribution >= 4 is 23.4 Å². The molecule has 29 heavy (non-hydrogen) atoms. The molecule has 0 bridgehead atoms. The number of hydrogen-bond donors (Lipinski definition) is 2. The molecule has 152 valence electrons. The van der Waals surface area contributed by atoms with Gasteiger partial charge < -0.3 is 14.4 Å². The molecule has 1 aliphatic heterocycles. The third-order valence-electron chi connectivity index (χ3n) is 4.59. The van der Waals surface area contributed by atoms with Gasteiger partial charge in [0.05, 0.1) is 19.6 Å². The summed E-state index contributed by atoms with van der Waals surface area (Å²) in [5.41, 5.74) is 5.84. The zero-order valence-electron chi connectivity index (χ0n) is 16.3. The zero-order valence-corrected chi connectivity index (χ0v) is 16.3. The van der Waals surface area contributed by atoms with Crippen LogP contribution in [0.2, 0.25) is 0 Å². The molecule has 3 amide bonds. The Hall–Kier alpha value is -3.55. The predicted molar refractivity (Wildman–Crippen MR) is 107 cm³/mol. The number of anilines is 1. The third kappa shape index (κ3) is 4.66. The Balaban J connectivity index is 1.58. The lowest BCUT2D eigenvalue weighted by molar-refractivity contribution is -0.126. The van der Waals surface area contributed by atoms with Crippen LogP contribution in [-0.4, -0.2) is 38.0 Å². The minimum Gasteiger partial charge on any atom is -0.493 e. The Morgan fingerprint density at radius 3 is 2.55 bits per heavy atom. The van der Waals surface area contributed by atoms with Crippen LogP contribution in [0.1, 0.15) is 23.7 Å². The van der Waals surface area contributed by atoms with Crippen LogP contribution >= 0.6 is 0 Å². The Morgan fingerprint density at radius 1 is 1.10 bits per heavy atom. The van der Waals surface area contributed by atoms with Crippen molar-refractivity contribution < 1.29 is 23.9 Å². The molecule has 1 saturated heterocycles. The standard InChI is InChI=1S/C21H23N3O5/c1-3-29-17-10-9-14(11-18(17)28-2)20(26)22-23-21(27)15-12-19(25)24(13-15)16-7-5-4-6-8-16/h4-11,15H,3,12-13H2,1-2H3,(H,22,26)(H,23,27). The fourth-order valence-electron chi connectivity index (χ4n) is 3.12. The van der Waals surface area contributed by atoms with Gasteiger partial charge >= 0.3 is 0 Å². The van der Waals surface area contributed by atoms with E-state index in [4.69, 9.17) is 9.47 Å². The van der Waals surface area contributed by atoms with E-state index in [2.05, 4.69) is 10.9 Å². The average Bonchev–Trinajstić information content (AvgIpc) is 3.14. The van der Waals surface area contributed by atoms with Crippen LogP contribution in [0.5, 0.6) is 11.5 Å². The monoisotopic (exact) mass is 397 g/mol. The van der Waals surface area contributed by atoms with E-state index >= 15 is 0 Å². The van der Waals surface area contributed by atoms with Crippen molar-refractivity contribution in [1.29, 1.82) is 0 Å². The van der Waals surface area contributed by atoms with Gasteiger partial charge in [-0.2, -0.15) is 0 Å². The van der Waals surface area contributed by atoms with Crippen LogP contribution < -0.4 is 25.2 Å². The summed E-state index contributed by atoms with van der Waals surface area (Å²) >= 11 is 0. The molecular weight excluding hydrogens is 374 g/mol. The van der Waals surface area contributed by atoms with Crippen molar-refractivity contribution in [3.05, 3.63) is 54.1 Å². The summed E-state index contributed by atoms with van der Waals surface area (Å²) in [6.45, 7) is 2.59. The van der Waals surface area contributed by atoms with Crippen molar-refractivity contribution in [2.75, 3.05) is 25.2 Å². The number of carbonyl (C=O) groups is 3. The van der Waals surface area contributed by atoms with Gasteiger partial charge in [0.25, 0.3) is 5.91 Å². The second kappa shape index (κ2) is 9.09. The van der Waals surface area contributed by atoms with E-state index in [-0.39, 0.29) is 18.9 Å². The van der Waals surface area contributed by atoms with Crippen LogP contribution in [0, 0.1) is 5.92 Å². The number of ether oxygens (including phenoxy) is 2. The van der Waals surface area contributed by atoms with Gasteiger partial charge in [-0.3, -0.25) is 25.2 Å². The van der Waals surface area contributed by atoms with Gasteiger partial charge in [-0.25, -0.2) is 0 Å². The lowest BCUT2D eigenvalue weighted by Crippen LogP contribution is -2.45. The van der Waals surface area contributed by atoms with Crippen molar-refractivity contribution in [2.45, 2.75) is 13.3 Å². The number of para-hydroxylation sites is 1. The van der Waals surface area contributed by atoms with Crippen LogP contribution in [0.3, 0.4) is 0 Å². The summed E-state index contributed by atoms with van der Waals surface area (Å²) in [5, 5.41) is 0. The number of nitrogens with zero attached hydrogens (tertiary/aromatic N) is 1. The first-order valence-electron chi connectivity index (χ1n) is 9.30. The van der Waals surface area contributed by atoms with E-state index in [0.29, 0.717) is 23.7 Å². The highest BCUT2D eigenvalue weighted by molar-refractivity contribution is 6.01. The largest absolute Gasteiger partial charge is 0.493 e. The number of amides is 3. The first kappa shape index (κ1) is 20.2.